The van der Waals surface area contributed by atoms with Gasteiger partial charge in [-0.05, 0) is 6.92 Å². The third kappa shape index (κ3) is 0.908. The van der Waals surface area contributed by atoms with Crippen LogP contribution in [0.1, 0.15) is 13.3 Å². The van der Waals surface area contributed by atoms with E-state index in [1.165, 1.54) is 0 Å². The quantitative estimate of drug-likeness (QED) is 0.451. The Morgan fingerprint density at radius 3 is 2.57 bits per heavy atom. The number of nitriles is 1. The predicted octanol–water partition coefficient (Wildman–Crippen LogP) is 0.687. The van der Waals surface area contributed by atoms with Crippen molar-refractivity contribution >= 4 is 0 Å². The summed E-state index contributed by atoms with van der Waals surface area (Å²) in [6.45, 7) is 1.97. The minimum Gasteiger partial charge on any atom is -0.369 e. The first-order valence-electron chi connectivity index (χ1n) is 2.37. The van der Waals surface area contributed by atoms with Crippen molar-refractivity contribution in [2.75, 3.05) is 0 Å². The zero-order valence-corrected chi connectivity index (χ0v) is 4.22. The highest BCUT2D eigenvalue weighted by atomic mass is 16.6. The van der Waals surface area contributed by atoms with Gasteiger partial charge in [-0.25, -0.2) is 0 Å². The molecule has 1 heterocycles. The van der Waals surface area contributed by atoms with E-state index in [0.717, 1.165) is 0 Å². The standard InChI is InChI=1S/C5H7NO/c1-4-5(7-4)2-3-6/h4-5H,2H2,1H3. The lowest BCUT2D eigenvalue weighted by Gasteiger charge is -1.70. The maximum Gasteiger partial charge on any atom is 0.0968 e. The van der Waals surface area contributed by atoms with E-state index in [4.69, 9.17) is 10.00 Å². The molecular formula is C5H7NO. The number of epoxide rings is 1. The van der Waals surface area contributed by atoms with Crippen LogP contribution in [0.15, 0.2) is 0 Å². The van der Waals surface area contributed by atoms with Gasteiger partial charge in [0.15, 0.2) is 0 Å². The highest BCUT2D eigenvalue weighted by molar-refractivity contribution is 4.88. The van der Waals surface area contributed by atoms with Crippen molar-refractivity contribution < 1.29 is 4.74 Å². The number of hydrogen-bond acceptors (Lipinski definition) is 2. The first-order chi connectivity index (χ1) is 3.34. The number of rotatable bonds is 1. The fraction of sp³-hybridized carbons (Fsp3) is 0.800. The molecule has 0 spiro atoms. The molecule has 1 aliphatic heterocycles. The molecule has 1 saturated heterocycles. The van der Waals surface area contributed by atoms with Gasteiger partial charge in [0.05, 0.1) is 24.7 Å². The molecule has 2 heteroatoms. The smallest absolute Gasteiger partial charge is 0.0968 e. The predicted molar refractivity (Wildman–Crippen MR) is 24.6 cm³/mol. The molecule has 2 nitrogen and oxygen atoms in total. The van der Waals surface area contributed by atoms with Crippen LogP contribution in [0.2, 0.25) is 0 Å². The molecule has 2 unspecified atom stereocenters. The minimum atomic E-state index is 0.255. The van der Waals surface area contributed by atoms with E-state index in [0.29, 0.717) is 12.5 Å². The van der Waals surface area contributed by atoms with Crippen LogP contribution in [0.25, 0.3) is 0 Å². The SMILES string of the molecule is CC1OC1CC#N. The van der Waals surface area contributed by atoms with Crippen LogP contribution in [0.3, 0.4) is 0 Å². The maximum absolute atomic E-state index is 8.06. The molecule has 0 aromatic heterocycles. The Morgan fingerprint density at radius 1 is 1.86 bits per heavy atom. The zero-order chi connectivity index (χ0) is 5.28. The fourth-order valence-corrected chi connectivity index (χ4v) is 0.534. The van der Waals surface area contributed by atoms with E-state index >= 15 is 0 Å². The molecule has 0 aliphatic carbocycles. The van der Waals surface area contributed by atoms with Gasteiger partial charge in [-0.1, -0.05) is 0 Å². The van der Waals surface area contributed by atoms with Crippen LogP contribution >= 0.6 is 0 Å². The number of hydrogen-bond donors (Lipinski definition) is 0. The topological polar surface area (TPSA) is 36.3 Å². The summed E-state index contributed by atoms with van der Waals surface area (Å²) in [7, 11) is 0. The molecule has 0 aromatic carbocycles. The molecule has 38 valence electrons. The van der Waals surface area contributed by atoms with Crippen molar-refractivity contribution in [1.29, 1.82) is 5.26 Å². The summed E-state index contributed by atoms with van der Waals surface area (Å²) in [5.74, 6) is 0. The molecule has 0 aromatic rings. The second-order valence-corrected chi connectivity index (χ2v) is 1.74. The average molecular weight is 97.1 g/mol. The largest absolute Gasteiger partial charge is 0.369 e. The monoisotopic (exact) mass is 97.1 g/mol. The van der Waals surface area contributed by atoms with E-state index in [9.17, 15) is 0 Å². The average Bonchev–Trinajstić information content (AvgIpc) is 2.22. The van der Waals surface area contributed by atoms with E-state index in [2.05, 4.69) is 0 Å². The lowest BCUT2D eigenvalue weighted by molar-refractivity contribution is 0.381. The molecule has 1 fully saturated rings. The van der Waals surface area contributed by atoms with Gasteiger partial charge < -0.3 is 4.74 Å². The molecular weight excluding hydrogens is 90.1 g/mol. The Bertz CT molecular complexity index is 105. The summed E-state index contributed by atoms with van der Waals surface area (Å²) in [4.78, 5) is 0. The summed E-state index contributed by atoms with van der Waals surface area (Å²) in [5, 5.41) is 8.06. The highest BCUT2D eigenvalue weighted by Crippen LogP contribution is 2.23. The molecule has 2 atom stereocenters. The van der Waals surface area contributed by atoms with Gasteiger partial charge in [0, 0.05) is 0 Å². The lowest BCUT2D eigenvalue weighted by Crippen LogP contribution is -1.83. The van der Waals surface area contributed by atoms with E-state index in [1.807, 2.05) is 13.0 Å². The second kappa shape index (κ2) is 1.51. The van der Waals surface area contributed by atoms with E-state index in [-0.39, 0.29) is 6.10 Å². The molecule has 1 aliphatic rings. The molecule has 0 bridgehead atoms. The van der Waals surface area contributed by atoms with Gasteiger partial charge in [0.2, 0.25) is 0 Å². The Morgan fingerprint density at radius 2 is 2.43 bits per heavy atom. The molecule has 1 rings (SSSR count). The third-order valence-corrected chi connectivity index (χ3v) is 1.13. The van der Waals surface area contributed by atoms with Gasteiger partial charge >= 0.3 is 0 Å². The number of nitrogens with zero attached hydrogens (tertiary/aromatic N) is 1. The van der Waals surface area contributed by atoms with Gasteiger partial charge in [-0.2, -0.15) is 5.26 Å². The second-order valence-electron chi connectivity index (χ2n) is 1.74. The van der Waals surface area contributed by atoms with Crippen molar-refractivity contribution in [2.24, 2.45) is 0 Å². The van der Waals surface area contributed by atoms with Crippen LogP contribution < -0.4 is 0 Å². The van der Waals surface area contributed by atoms with E-state index < -0.39 is 0 Å². The Kier molecular flexibility index (Phi) is 0.994. The van der Waals surface area contributed by atoms with Crippen molar-refractivity contribution in [1.82, 2.24) is 0 Å². The Hall–Kier alpha value is -0.550. The van der Waals surface area contributed by atoms with Crippen LogP contribution in [0.5, 0.6) is 0 Å². The van der Waals surface area contributed by atoms with Gasteiger partial charge in [0.1, 0.15) is 0 Å². The molecule has 0 saturated carbocycles. The minimum absolute atomic E-state index is 0.255. The summed E-state index contributed by atoms with van der Waals surface area (Å²) in [6, 6.07) is 2.04. The van der Waals surface area contributed by atoms with Crippen molar-refractivity contribution in [3.05, 3.63) is 0 Å². The summed E-state index contributed by atoms with van der Waals surface area (Å²) in [6.07, 6.45) is 1.16. The molecule has 0 radical (unpaired) electrons. The highest BCUT2D eigenvalue weighted by Gasteiger charge is 2.33. The van der Waals surface area contributed by atoms with Crippen LogP contribution in [-0.2, 0) is 4.74 Å². The van der Waals surface area contributed by atoms with Crippen LogP contribution in [0.4, 0.5) is 0 Å². The summed E-state index contributed by atoms with van der Waals surface area (Å²) < 4.78 is 4.93. The number of ether oxygens (including phenoxy) is 1. The summed E-state index contributed by atoms with van der Waals surface area (Å²) >= 11 is 0. The van der Waals surface area contributed by atoms with Gasteiger partial charge in [-0.3, -0.25) is 0 Å². The molecule has 0 amide bonds. The Balaban J connectivity index is 2.12. The fourth-order valence-electron chi connectivity index (χ4n) is 0.534. The third-order valence-electron chi connectivity index (χ3n) is 1.13. The zero-order valence-electron chi connectivity index (χ0n) is 4.22. The van der Waals surface area contributed by atoms with Crippen molar-refractivity contribution in [2.45, 2.75) is 25.6 Å². The van der Waals surface area contributed by atoms with Crippen LogP contribution in [-0.4, -0.2) is 12.2 Å². The normalized spacial score (nSPS) is 37.1. The Labute approximate surface area is 42.7 Å². The molecule has 0 N–H and O–H groups in total. The summed E-state index contributed by atoms with van der Waals surface area (Å²) in [5.41, 5.74) is 0. The lowest BCUT2D eigenvalue weighted by atomic mass is 10.3. The van der Waals surface area contributed by atoms with Crippen molar-refractivity contribution in [3.8, 4) is 6.07 Å². The maximum atomic E-state index is 8.06. The van der Waals surface area contributed by atoms with Gasteiger partial charge in [0.25, 0.3) is 0 Å². The molecule has 7 heavy (non-hydrogen) atoms. The first-order valence-corrected chi connectivity index (χ1v) is 2.37. The van der Waals surface area contributed by atoms with Crippen molar-refractivity contribution in [3.63, 3.8) is 0 Å². The first kappa shape index (κ1) is 4.61. The van der Waals surface area contributed by atoms with Crippen LogP contribution in [0, 0.1) is 11.3 Å². The van der Waals surface area contributed by atoms with E-state index in [1.54, 1.807) is 0 Å². The van der Waals surface area contributed by atoms with Gasteiger partial charge in [-0.15, -0.1) is 0 Å².